The summed E-state index contributed by atoms with van der Waals surface area (Å²) in [5.41, 5.74) is 1.37. The standard InChI is InChI=1S/C18H19NO3S/c1-13(20)16-8-5-9-17(12-16)23(21,22)19-18(15-10-11-15)14-6-3-2-4-7-14/h2-9,12,15,18-19H,10-11H2,1H3/t18-/m0/s1. The van der Waals surface area contributed by atoms with Crippen LogP contribution in [0.25, 0.3) is 0 Å². The van der Waals surface area contributed by atoms with E-state index in [-0.39, 0.29) is 16.7 Å². The van der Waals surface area contributed by atoms with Crippen molar-refractivity contribution in [3.8, 4) is 0 Å². The molecule has 1 N–H and O–H groups in total. The first-order chi connectivity index (χ1) is 11.0. The SMILES string of the molecule is CC(=O)c1cccc(S(=O)(=O)N[C@@H](c2ccccc2)C2CC2)c1. The van der Waals surface area contributed by atoms with Gasteiger partial charge >= 0.3 is 0 Å². The van der Waals surface area contributed by atoms with Gasteiger partial charge in [-0.15, -0.1) is 0 Å². The summed E-state index contributed by atoms with van der Waals surface area (Å²) in [6, 6.07) is 15.6. The molecule has 1 aliphatic carbocycles. The van der Waals surface area contributed by atoms with Gasteiger partial charge in [0.25, 0.3) is 0 Å². The van der Waals surface area contributed by atoms with Crippen LogP contribution in [0.15, 0.2) is 59.5 Å². The van der Waals surface area contributed by atoms with Gasteiger partial charge in [-0.25, -0.2) is 13.1 Å². The number of sulfonamides is 1. The maximum atomic E-state index is 12.7. The van der Waals surface area contributed by atoms with Crippen LogP contribution in [0.5, 0.6) is 0 Å². The highest BCUT2D eigenvalue weighted by Gasteiger charge is 2.35. The molecule has 1 fully saturated rings. The van der Waals surface area contributed by atoms with Gasteiger partial charge in [0.05, 0.1) is 4.90 Å². The lowest BCUT2D eigenvalue weighted by Crippen LogP contribution is -2.30. The van der Waals surface area contributed by atoms with Crippen LogP contribution in [0.4, 0.5) is 0 Å². The lowest BCUT2D eigenvalue weighted by atomic mass is 10.0. The fourth-order valence-electron chi connectivity index (χ4n) is 2.64. The molecule has 0 aliphatic heterocycles. The largest absolute Gasteiger partial charge is 0.295 e. The molecular formula is C18H19NO3S. The van der Waals surface area contributed by atoms with Crippen molar-refractivity contribution in [1.29, 1.82) is 0 Å². The smallest absolute Gasteiger partial charge is 0.241 e. The lowest BCUT2D eigenvalue weighted by Gasteiger charge is -2.19. The van der Waals surface area contributed by atoms with Crippen LogP contribution in [0.2, 0.25) is 0 Å². The van der Waals surface area contributed by atoms with E-state index in [0.717, 1.165) is 18.4 Å². The first-order valence-electron chi connectivity index (χ1n) is 7.65. The van der Waals surface area contributed by atoms with Crippen LogP contribution < -0.4 is 4.72 Å². The Bertz CT molecular complexity index is 811. The molecule has 5 heteroatoms. The molecule has 23 heavy (non-hydrogen) atoms. The minimum absolute atomic E-state index is 0.131. The van der Waals surface area contributed by atoms with Crippen LogP contribution in [-0.4, -0.2) is 14.2 Å². The molecule has 0 radical (unpaired) electrons. The highest BCUT2D eigenvalue weighted by molar-refractivity contribution is 7.89. The number of Topliss-reactive ketones (excluding diaryl/α,β-unsaturated/α-hetero) is 1. The minimum atomic E-state index is -3.67. The maximum absolute atomic E-state index is 12.7. The summed E-state index contributed by atoms with van der Waals surface area (Å²) in [6.07, 6.45) is 2.05. The normalized spacial score (nSPS) is 16.0. The molecule has 1 atom stereocenters. The molecule has 0 aromatic heterocycles. The molecule has 2 aromatic rings. The second-order valence-electron chi connectivity index (χ2n) is 5.93. The summed E-state index contributed by atoms with van der Waals surface area (Å²) < 4.78 is 28.2. The van der Waals surface area contributed by atoms with Crippen molar-refractivity contribution in [3.05, 3.63) is 65.7 Å². The lowest BCUT2D eigenvalue weighted by molar-refractivity contribution is 0.101. The number of hydrogen-bond donors (Lipinski definition) is 1. The van der Waals surface area contributed by atoms with E-state index in [4.69, 9.17) is 0 Å². The molecular weight excluding hydrogens is 310 g/mol. The Morgan fingerprint density at radius 3 is 2.39 bits per heavy atom. The van der Waals surface area contributed by atoms with E-state index in [9.17, 15) is 13.2 Å². The van der Waals surface area contributed by atoms with E-state index in [1.165, 1.54) is 19.1 Å². The van der Waals surface area contributed by atoms with Gasteiger partial charge in [-0.3, -0.25) is 4.79 Å². The van der Waals surface area contributed by atoms with Crippen molar-refractivity contribution in [2.24, 2.45) is 5.92 Å². The molecule has 120 valence electrons. The minimum Gasteiger partial charge on any atom is -0.295 e. The van der Waals surface area contributed by atoms with Crippen LogP contribution in [-0.2, 0) is 10.0 Å². The number of nitrogens with one attached hydrogen (secondary N) is 1. The van der Waals surface area contributed by atoms with Gasteiger partial charge in [-0.05, 0) is 43.4 Å². The number of benzene rings is 2. The predicted octanol–water partition coefficient (Wildman–Crippen LogP) is 3.32. The molecule has 0 bridgehead atoms. The zero-order valence-electron chi connectivity index (χ0n) is 12.9. The van der Waals surface area contributed by atoms with Gasteiger partial charge in [0.15, 0.2) is 5.78 Å². The van der Waals surface area contributed by atoms with E-state index in [0.29, 0.717) is 11.5 Å². The molecule has 4 nitrogen and oxygen atoms in total. The molecule has 0 heterocycles. The predicted molar refractivity (Wildman–Crippen MR) is 88.7 cm³/mol. The first-order valence-corrected chi connectivity index (χ1v) is 9.14. The molecule has 1 aliphatic rings. The Balaban J connectivity index is 1.90. The van der Waals surface area contributed by atoms with Gasteiger partial charge in [-0.1, -0.05) is 42.5 Å². The topological polar surface area (TPSA) is 63.2 Å². The zero-order valence-corrected chi connectivity index (χ0v) is 13.7. The molecule has 0 saturated heterocycles. The van der Waals surface area contributed by atoms with Crippen molar-refractivity contribution in [2.75, 3.05) is 0 Å². The highest BCUT2D eigenvalue weighted by Crippen LogP contribution is 2.41. The first kappa shape index (κ1) is 15.9. The quantitative estimate of drug-likeness (QED) is 0.827. The number of carbonyl (C=O) groups is 1. The number of carbonyl (C=O) groups excluding carboxylic acids is 1. The van der Waals surface area contributed by atoms with Gasteiger partial charge in [-0.2, -0.15) is 0 Å². The second kappa shape index (κ2) is 6.26. The average molecular weight is 329 g/mol. The van der Waals surface area contributed by atoms with Gasteiger partial charge in [0.1, 0.15) is 0 Å². The van der Waals surface area contributed by atoms with E-state index in [2.05, 4.69) is 4.72 Å². The molecule has 3 rings (SSSR count). The summed E-state index contributed by atoms with van der Waals surface area (Å²) in [7, 11) is -3.67. The van der Waals surface area contributed by atoms with Crippen LogP contribution in [0, 0.1) is 5.92 Å². The van der Waals surface area contributed by atoms with Crippen molar-refractivity contribution in [1.82, 2.24) is 4.72 Å². The Morgan fingerprint density at radius 2 is 1.78 bits per heavy atom. The van der Waals surface area contributed by atoms with E-state index in [1.807, 2.05) is 30.3 Å². The molecule has 1 saturated carbocycles. The van der Waals surface area contributed by atoms with Gasteiger partial charge in [0.2, 0.25) is 10.0 Å². The van der Waals surface area contributed by atoms with E-state index >= 15 is 0 Å². The molecule has 0 amide bonds. The number of hydrogen-bond acceptors (Lipinski definition) is 3. The summed E-state index contributed by atoms with van der Waals surface area (Å²) in [4.78, 5) is 11.6. The molecule has 0 unspecified atom stereocenters. The van der Waals surface area contributed by atoms with Gasteiger partial charge in [0, 0.05) is 11.6 Å². The van der Waals surface area contributed by atoms with E-state index < -0.39 is 10.0 Å². The second-order valence-corrected chi connectivity index (χ2v) is 7.65. The van der Waals surface area contributed by atoms with E-state index in [1.54, 1.807) is 12.1 Å². The summed E-state index contributed by atoms with van der Waals surface area (Å²) in [5, 5.41) is 0. The van der Waals surface area contributed by atoms with Crippen molar-refractivity contribution >= 4 is 15.8 Å². The number of ketones is 1. The third kappa shape index (κ3) is 3.68. The van der Waals surface area contributed by atoms with Crippen molar-refractivity contribution < 1.29 is 13.2 Å². The highest BCUT2D eigenvalue weighted by atomic mass is 32.2. The van der Waals surface area contributed by atoms with Crippen LogP contribution >= 0.6 is 0 Å². The summed E-state index contributed by atoms with van der Waals surface area (Å²) in [5.74, 6) is 0.187. The Morgan fingerprint density at radius 1 is 1.09 bits per heavy atom. The fraction of sp³-hybridized carbons (Fsp3) is 0.278. The van der Waals surface area contributed by atoms with Crippen molar-refractivity contribution in [2.45, 2.75) is 30.7 Å². The summed E-state index contributed by atoms with van der Waals surface area (Å²) in [6.45, 7) is 1.43. The van der Waals surface area contributed by atoms with Crippen molar-refractivity contribution in [3.63, 3.8) is 0 Å². The number of rotatable bonds is 6. The molecule has 2 aromatic carbocycles. The maximum Gasteiger partial charge on any atom is 0.241 e. The fourth-order valence-corrected chi connectivity index (χ4v) is 3.98. The molecule has 0 spiro atoms. The Kier molecular flexibility index (Phi) is 4.33. The van der Waals surface area contributed by atoms with Crippen LogP contribution in [0.3, 0.4) is 0 Å². The average Bonchev–Trinajstić information content (AvgIpc) is 3.38. The Labute approximate surface area is 136 Å². The zero-order chi connectivity index (χ0) is 16.4. The van der Waals surface area contributed by atoms with Crippen LogP contribution in [0.1, 0.15) is 41.7 Å². The third-order valence-corrected chi connectivity index (χ3v) is 5.52. The summed E-state index contributed by atoms with van der Waals surface area (Å²) >= 11 is 0. The van der Waals surface area contributed by atoms with Gasteiger partial charge < -0.3 is 0 Å². The monoisotopic (exact) mass is 329 g/mol. The third-order valence-electron chi connectivity index (χ3n) is 4.09. The Hall–Kier alpha value is -1.98.